The zero-order valence-electron chi connectivity index (χ0n) is 12.7. The Balaban J connectivity index is 1.82. The van der Waals surface area contributed by atoms with Gasteiger partial charge in [0.1, 0.15) is 0 Å². The molecule has 1 atom stereocenters. The van der Waals surface area contributed by atoms with E-state index < -0.39 is 11.4 Å². The van der Waals surface area contributed by atoms with E-state index in [1.807, 2.05) is 0 Å². The zero-order chi connectivity index (χ0) is 14.9. The molecular weight excluding hydrogens is 268 g/mol. The third-order valence-corrected chi connectivity index (χ3v) is 5.26. The van der Waals surface area contributed by atoms with E-state index in [-0.39, 0.29) is 0 Å². The lowest BCUT2D eigenvalue weighted by molar-refractivity contribution is -0.151. The van der Waals surface area contributed by atoms with Gasteiger partial charge in [0.05, 0.1) is 12.0 Å². The van der Waals surface area contributed by atoms with Gasteiger partial charge in [0.25, 0.3) is 0 Å². The maximum atomic E-state index is 11.9. The molecule has 2 aliphatic rings. The second kappa shape index (κ2) is 5.73. The fourth-order valence-electron chi connectivity index (χ4n) is 3.59. The van der Waals surface area contributed by atoms with E-state index in [0.29, 0.717) is 18.4 Å². The Morgan fingerprint density at radius 1 is 1.33 bits per heavy atom. The van der Waals surface area contributed by atoms with Crippen molar-refractivity contribution in [2.24, 2.45) is 11.3 Å². The van der Waals surface area contributed by atoms with Crippen LogP contribution in [0.1, 0.15) is 70.0 Å². The largest absolute Gasteiger partial charge is 0.481 e. The van der Waals surface area contributed by atoms with Crippen LogP contribution in [0.15, 0.2) is 0 Å². The highest BCUT2D eigenvalue weighted by Crippen LogP contribution is 2.42. The summed E-state index contributed by atoms with van der Waals surface area (Å²) in [7, 11) is 0. The van der Waals surface area contributed by atoms with E-state index in [0.717, 1.165) is 44.3 Å². The second-order valence-corrected chi connectivity index (χ2v) is 6.82. The lowest BCUT2D eigenvalue weighted by Gasteiger charge is -2.28. The molecule has 1 unspecified atom stereocenters. The lowest BCUT2D eigenvalue weighted by Crippen LogP contribution is -2.36. The van der Waals surface area contributed by atoms with Crippen molar-refractivity contribution < 1.29 is 9.90 Å². The van der Waals surface area contributed by atoms with E-state index in [9.17, 15) is 9.90 Å². The summed E-state index contributed by atoms with van der Waals surface area (Å²) in [6, 6.07) is 0. The van der Waals surface area contributed by atoms with E-state index in [2.05, 4.69) is 22.4 Å². The van der Waals surface area contributed by atoms with Crippen molar-refractivity contribution in [3.8, 4) is 0 Å². The molecule has 3 rings (SSSR count). The highest BCUT2D eigenvalue weighted by Gasteiger charge is 2.41. The van der Waals surface area contributed by atoms with Gasteiger partial charge in [-0.1, -0.05) is 32.6 Å². The fourth-order valence-corrected chi connectivity index (χ4v) is 3.59. The van der Waals surface area contributed by atoms with Crippen molar-refractivity contribution in [1.29, 1.82) is 0 Å². The molecule has 0 radical (unpaired) electrons. The van der Waals surface area contributed by atoms with Gasteiger partial charge in [0, 0.05) is 5.92 Å². The summed E-state index contributed by atoms with van der Waals surface area (Å²) in [6.07, 6.45) is 8.19. The van der Waals surface area contributed by atoms with Crippen molar-refractivity contribution in [2.75, 3.05) is 0 Å². The fraction of sp³-hybridized carbons (Fsp3) is 0.867. The van der Waals surface area contributed by atoms with E-state index in [4.69, 9.17) is 0 Å². The lowest BCUT2D eigenvalue weighted by atomic mass is 9.80. The molecule has 0 saturated heterocycles. The standard InChI is InChI=1S/C15H24N4O2/c1-11(12-6-7-12)13-16-17-18-19(13)10-15(14(20)21)8-4-2-3-5-9-15/h11-12H,2-10H2,1H3,(H,20,21). The molecule has 0 spiro atoms. The molecule has 0 bridgehead atoms. The number of carboxylic acid groups (broad SMARTS) is 1. The Kier molecular flexibility index (Phi) is 3.95. The van der Waals surface area contributed by atoms with Gasteiger partial charge >= 0.3 is 5.97 Å². The number of hydrogen-bond acceptors (Lipinski definition) is 4. The van der Waals surface area contributed by atoms with Gasteiger partial charge in [-0.05, 0) is 42.0 Å². The van der Waals surface area contributed by atoms with Gasteiger partial charge in [-0.3, -0.25) is 4.79 Å². The number of hydrogen-bond donors (Lipinski definition) is 1. The molecule has 116 valence electrons. The van der Waals surface area contributed by atoms with Crippen molar-refractivity contribution in [2.45, 2.75) is 70.8 Å². The van der Waals surface area contributed by atoms with Crippen LogP contribution in [0.2, 0.25) is 0 Å². The quantitative estimate of drug-likeness (QED) is 0.844. The van der Waals surface area contributed by atoms with Gasteiger partial charge in [-0.25, -0.2) is 4.68 Å². The molecule has 21 heavy (non-hydrogen) atoms. The Morgan fingerprint density at radius 3 is 2.57 bits per heavy atom. The predicted octanol–water partition coefficient (Wildman–Crippen LogP) is 2.61. The Hall–Kier alpha value is -1.46. The van der Waals surface area contributed by atoms with Crippen LogP contribution in [-0.4, -0.2) is 31.3 Å². The van der Waals surface area contributed by atoms with Crippen LogP contribution in [0.25, 0.3) is 0 Å². The smallest absolute Gasteiger partial charge is 0.311 e. The number of nitrogens with zero attached hydrogens (tertiary/aromatic N) is 4. The topological polar surface area (TPSA) is 80.9 Å². The van der Waals surface area contributed by atoms with Crippen LogP contribution in [-0.2, 0) is 11.3 Å². The van der Waals surface area contributed by atoms with Crippen LogP contribution >= 0.6 is 0 Å². The van der Waals surface area contributed by atoms with Crippen molar-refractivity contribution in [3.05, 3.63) is 5.82 Å². The van der Waals surface area contributed by atoms with Crippen molar-refractivity contribution >= 4 is 5.97 Å². The molecule has 0 amide bonds. The third-order valence-electron chi connectivity index (χ3n) is 5.26. The molecular formula is C15H24N4O2. The van der Waals surface area contributed by atoms with E-state index in [1.165, 1.54) is 12.8 Å². The first kappa shape index (κ1) is 14.5. The molecule has 0 aromatic carbocycles. The number of aliphatic carboxylic acids is 1. The summed E-state index contributed by atoms with van der Waals surface area (Å²) in [6.45, 7) is 2.57. The minimum Gasteiger partial charge on any atom is -0.481 e. The van der Waals surface area contributed by atoms with E-state index in [1.54, 1.807) is 4.68 Å². The molecule has 1 heterocycles. The Morgan fingerprint density at radius 2 is 2.00 bits per heavy atom. The number of carbonyl (C=O) groups is 1. The minimum absolute atomic E-state index is 0.330. The summed E-state index contributed by atoms with van der Waals surface area (Å²) < 4.78 is 1.77. The number of carboxylic acids is 1. The summed E-state index contributed by atoms with van der Waals surface area (Å²) >= 11 is 0. The summed E-state index contributed by atoms with van der Waals surface area (Å²) in [5.74, 6) is 1.17. The van der Waals surface area contributed by atoms with Gasteiger partial charge < -0.3 is 5.11 Å². The van der Waals surface area contributed by atoms with Crippen LogP contribution in [0, 0.1) is 11.3 Å². The summed E-state index contributed by atoms with van der Waals surface area (Å²) in [5, 5.41) is 21.8. The number of rotatable bonds is 5. The SMILES string of the molecule is CC(c1nnnn1CC1(C(=O)O)CCCCCC1)C1CC1. The van der Waals surface area contributed by atoms with Crippen LogP contribution < -0.4 is 0 Å². The van der Waals surface area contributed by atoms with Gasteiger partial charge in [0.15, 0.2) is 5.82 Å². The van der Waals surface area contributed by atoms with Gasteiger partial charge in [-0.2, -0.15) is 0 Å². The summed E-state index contributed by atoms with van der Waals surface area (Å²) in [4.78, 5) is 11.9. The molecule has 2 fully saturated rings. The molecule has 2 saturated carbocycles. The van der Waals surface area contributed by atoms with Crippen molar-refractivity contribution in [3.63, 3.8) is 0 Å². The van der Waals surface area contributed by atoms with Crippen LogP contribution in [0.5, 0.6) is 0 Å². The third kappa shape index (κ3) is 2.94. The molecule has 1 N–H and O–H groups in total. The first-order chi connectivity index (χ1) is 10.1. The molecule has 1 aromatic rings. The molecule has 6 nitrogen and oxygen atoms in total. The molecule has 6 heteroatoms. The monoisotopic (exact) mass is 292 g/mol. The molecule has 0 aliphatic heterocycles. The van der Waals surface area contributed by atoms with Crippen molar-refractivity contribution in [1.82, 2.24) is 20.2 Å². The highest BCUT2D eigenvalue weighted by molar-refractivity contribution is 5.74. The number of tetrazole rings is 1. The molecule has 2 aliphatic carbocycles. The maximum absolute atomic E-state index is 11.9. The average molecular weight is 292 g/mol. The summed E-state index contributed by atoms with van der Waals surface area (Å²) in [5.41, 5.74) is -0.691. The first-order valence-corrected chi connectivity index (χ1v) is 8.12. The minimum atomic E-state index is -0.691. The number of aromatic nitrogens is 4. The molecule has 1 aromatic heterocycles. The Bertz CT molecular complexity index is 502. The zero-order valence-corrected chi connectivity index (χ0v) is 12.7. The van der Waals surface area contributed by atoms with E-state index >= 15 is 0 Å². The highest BCUT2D eigenvalue weighted by atomic mass is 16.4. The normalized spacial score (nSPS) is 23.5. The van der Waals surface area contributed by atoms with Gasteiger partial charge in [-0.15, -0.1) is 5.10 Å². The Labute approximate surface area is 124 Å². The van der Waals surface area contributed by atoms with Crippen LogP contribution in [0.3, 0.4) is 0 Å². The van der Waals surface area contributed by atoms with Gasteiger partial charge in [0.2, 0.25) is 0 Å². The van der Waals surface area contributed by atoms with Crippen LogP contribution in [0.4, 0.5) is 0 Å². The second-order valence-electron chi connectivity index (χ2n) is 6.82. The predicted molar refractivity (Wildman–Crippen MR) is 76.7 cm³/mol. The first-order valence-electron chi connectivity index (χ1n) is 8.12. The average Bonchev–Trinajstić information content (AvgIpc) is 3.24. The maximum Gasteiger partial charge on any atom is 0.311 e.